The smallest absolute Gasteiger partial charge is 0.258 e. The summed E-state index contributed by atoms with van der Waals surface area (Å²) in [4.78, 5) is 33.9. The van der Waals surface area contributed by atoms with E-state index in [0.717, 1.165) is 25.3 Å². The van der Waals surface area contributed by atoms with Crippen molar-refractivity contribution in [3.63, 3.8) is 0 Å². The molecule has 1 aliphatic heterocycles. The number of para-hydroxylation sites is 1. The van der Waals surface area contributed by atoms with Gasteiger partial charge in [-0.25, -0.2) is 0 Å². The minimum atomic E-state index is -0.556. The van der Waals surface area contributed by atoms with Gasteiger partial charge in [-0.15, -0.1) is 0 Å². The van der Waals surface area contributed by atoms with Crippen molar-refractivity contribution in [2.24, 2.45) is 5.92 Å². The summed E-state index contributed by atoms with van der Waals surface area (Å²) in [5.41, 5.74) is 1.03. The molecule has 2 heterocycles. The molecule has 160 valence electrons. The quantitative estimate of drug-likeness (QED) is 0.720. The summed E-state index contributed by atoms with van der Waals surface area (Å²) in [5.74, 6) is 0.295. The van der Waals surface area contributed by atoms with Gasteiger partial charge >= 0.3 is 0 Å². The largest absolute Gasteiger partial charge is 0.484 e. The first kappa shape index (κ1) is 21.8. The summed E-state index contributed by atoms with van der Waals surface area (Å²) >= 11 is 0. The van der Waals surface area contributed by atoms with Crippen LogP contribution in [0.2, 0.25) is 0 Å². The number of pyridine rings is 1. The minimum Gasteiger partial charge on any atom is -0.484 e. The molecule has 1 aliphatic rings. The summed E-state index contributed by atoms with van der Waals surface area (Å²) in [6.07, 6.45) is 1.80. The second-order valence-corrected chi connectivity index (χ2v) is 7.81. The lowest BCUT2D eigenvalue weighted by molar-refractivity contribution is -0.139. The molecule has 1 N–H and O–H groups in total. The molecule has 2 amide bonds. The number of nitrogens with one attached hydrogen (secondary N) is 1. The highest BCUT2D eigenvalue weighted by Gasteiger charge is 2.30. The van der Waals surface area contributed by atoms with Crippen LogP contribution in [-0.4, -0.2) is 65.4 Å². The number of amides is 2. The Morgan fingerprint density at radius 1 is 1.03 bits per heavy atom. The van der Waals surface area contributed by atoms with Gasteiger partial charge in [0.1, 0.15) is 11.8 Å². The van der Waals surface area contributed by atoms with E-state index in [0.29, 0.717) is 18.8 Å². The molecule has 7 heteroatoms. The lowest BCUT2D eigenvalue weighted by Crippen LogP contribution is -2.56. The zero-order valence-corrected chi connectivity index (χ0v) is 17.7. The van der Waals surface area contributed by atoms with Crippen molar-refractivity contribution in [2.75, 3.05) is 32.8 Å². The Morgan fingerprint density at radius 2 is 1.73 bits per heavy atom. The van der Waals surface area contributed by atoms with Crippen LogP contribution in [0.25, 0.3) is 0 Å². The second kappa shape index (κ2) is 10.7. The molecule has 0 aliphatic carbocycles. The van der Waals surface area contributed by atoms with E-state index in [1.807, 2.05) is 55.1 Å². The zero-order chi connectivity index (χ0) is 21.3. The predicted octanol–water partition coefficient (Wildman–Crippen LogP) is 1.95. The number of hydrogen-bond donors (Lipinski definition) is 1. The summed E-state index contributed by atoms with van der Waals surface area (Å²) < 4.78 is 5.49. The van der Waals surface area contributed by atoms with Crippen molar-refractivity contribution >= 4 is 11.8 Å². The Morgan fingerprint density at radius 3 is 2.37 bits per heavy atom. The number of ether oxygens (including phenoxy) is 1. The topological polar surface area (TPSA) is 74.8 Å². The molecule has 30 heavy (non-hydrogen) atoms. The molecule has 0 radical (unpaired) electrons. The fraction of sp³-hybridized carbons (Fsp3) is 0.435. The van der Waals surface area contributed by atoms with Crippen molar-refractivity contribution in [3.05, 3.63) is 60.4 Å². The normalized spacial score (nSPS) is 15.6. The third-order valence-corrected chi connectivity index (χ3v) is 5.16. The number of rotatable bonds is 8. The van der Waals surface area contributed by atoms with E-state index >= 15 is 0 Å². The van der Waals surface area contributed by atoms with Gasteiger partial charge in [0.15, 0.2) is 6.61 Å². The molecule has 1 fully saturated rings. The molecule has 0 unspecified atom stereocenters. The highest BCUT2D eigenvalue weighted by atomic mass is 16.5. The number of piperazine rings is 1. The molecular weight excluding hydrogens is 380 g/mol. The number of carbonyl (C=O) groups excluding carboxylic acids is 2. The molecular formula is C23H30N4O3. The van der Waals surface area contributed by atoms with E-state index < -0.39 is 6.04 Å². The lowest BCUT2D eigenvalue weighted by atomic mass is 10.0. The highest BCUT2D eigenvalue weighted by molar-refractivity contribution is 5.88. The van der Waals surface area contributed by atoms with Crippen LogP contribution in [0.1, 0.15) is 19.5 Å². The van der Waals surface area contributed by atoms with E-state index in [4.69, 9.17) is 4.74 Å². The van der Waals surface area contributed by atoms with E-state index in [2.05, 4.69) is 15.2 Å². The van der Waals surface area contributed by atoms with Crippen molar-refractivity contribution in [1.82, 2.24) is 20.1 Å². The van der Waals surface area contributed by atoms with E-state index in [1.165, 1.54) is 0 Å². The van der Waals surface area contributed by atoms with Gasteiger partial charge in [0, 0.05) is 38.9 Å². The van der Waals surface area contributed by atoms with Gasteiger partial charge in [-0.3, -0.25) is 19.5 Å². The molecule has 1 saturated heterocycles. The maximum Gasteiger partial charge on any atom is 0.258 e. The van der Waals surface area contributed by atoms with Crippen LogP contribution in [0.5, 0.6) is 5.75 Å². The standard InChI is InChI=1S/C23H30N4O3/c1-18(2)22(25-21(28)17-30-20-9-4-3-5-10-20)23(29)27-14-12-26(13-15-27)16-19-8-6-7-11-24-19/h3-11,18,22H,12-17H2,1-2H3,(H,25,28)/t22-/m0/s1. The van der Waals surface area contributed by atoms with Gasteiger partial charge in [0.25, 0.3) is 5.91 Å². The van der Waals surface area contributed by atoms with Crippen LogP contribution >= 0.6 is 0 Å². The second-order valence-electron chi connectivity index (χ2n) is 7.81. The Bertz CT molecular complexity index is 806. The van der Waals surface area contributed by atoms with Crippen molar-refractivity contribution < 1.29 is 14.3 Å². The Labute approximate surface area is 178 Å². The molecule has 1 aromatic carbocycles. The van der Waals surface area contributed by atoms with Gasteiger partial charge in [-0.2, -0.15) is 0 Å². The third kappa shape index (κ3) is 6.29. The molecule has 0 spiro atoms. The fourth-order valence-electron chi connectivity index (χ4n) is 3.44. The number of hydrogen-bond acceptors (Lipinski definition) is 5. The SMILES string of the molecule is CC(C)[C@H](NC(=O)COc1ccccc1)C(=O)N1CCN(Cc2ccccn2)CC1. The van der Waals surface area contributed by atoms with Gasteiger partial charge < -0.3 is 15.0 Å². The van der Waals surface area contributed by atoms with E-state index in [-0.39, 0.29) is 24.3 Å². The maximum absolute atomic E-state index is 13.1. The average molecular weight is 411 g/mol. The number of aromatic nitrogens is 1. The summed E-state index contributed by atoms with van der Waals surface area (Å²) in [6, 6.07) is 14.5. The summed E-state index contributed by atoms with van der Waals surface area (Å²) in [7, 11) is 0. The van der Waals surface area contributed by atoms with Crippen molar-refractivity contribution in [2.45, 2.75) is 26.4 Å². The van der Waals surface area contributed by atoms with Crippen LogP contribution in [0.3, 0.4) is 0 Å². The maximum atomic E-state index is 13.1. The predicted molar refractivity (Wildman–Crippen MR) is 115 cm³/mol. The molecule has 1 atom stereocenters. The third-order valence-electron chi connectivity index (χ3n) is 5.16. The minimum absolute atomic E-state index is 0.00952. The zero-order valence-electron chi connectivity index (χ0n) is 17.7. The molecule has 1 aromatic heterocycles. The van der Waals surface area contributed by atoms with Crippen LogP contribution in [0, 0.1) is 5.92 Å². The molecule has 7 nitrogen and oxygen atoms in total. The number of nitrogens with zero attached hydrogens (tertiary/aromatic N) is 3. The van der Waals surface area contributed by atoms with E-state index in [9.17, 15) is 9.59 Å². The lowest BCUT2D eigenvalue weighted by Gasteiger charge is -2.37. The van der Waals surface area contributed by atoms with Crippen LogP contribution < -0.4 is 10.1 Å². The fourth-order valence-corrected chi connectivity index (χ4v) is 3.44. The van der Waals surface area contributed by atoms with Gasteiger partial charge in [0.2, 0.25) is 5.91 Å². The Hall–Kier alpha value is -2.93. The molecule has 0 saturated carbocycles. The van der Waals surface area contributed by atoms with Crippen molar-refractivity contribution in [3.8, 4) is 5.75 Å². The van der Waals surface area contributed by atoms with Gasteiger partial charge in [-0.05, 0) is 30.2 Å². The van der Waals surface area contributed by atoms with Crippen LogP contribution in [0.4, 0.5) is 0 Å². The highest BCUT2D eigenvalue weighted by Crippen LogP contribution is 2.12. The first-order valence-electron chi connectivity index (χ1n) is 10.4. The Balaban J connectivity index is 1.48. The Kier molecular flexibility index (Phi) is 7.79. The first-order valence-corrected chi connectivity index (χ1v) is 10.4. The average Bonchev–Trinajstić information content (AvgIpc) is 2.77. The van der Waals surface area contributed by atoms with Crippen LogP contribution in [0.15, 0.2) is 54.7 Å². The number of carbonyl (C=O) groups is 2. The first-order chi connectivity index (χ1) is 14.5. The van der Waals surface area contributed by atoms with Gasteiger partial charge in [-0.1, -0.05) is 38.1 Å². The summed E-state index contributed by atoms with van der Waals surface area (Å²) in [6.45, 7) is 7.42. The monoisotopic (exact) mass is 410 g/mol. The summed E-state index contributed by atoms with van der Waals surface area (Å²) in [5, 5.41) is 2.86. The molecule has 0 bridgehead atoms. The van der Waals surface area contributed by atoms with Crippen molar-refractivity contribution in [1.29, 1.82) is 0 Å². The molecule has 3 rings (SSSR count). The number of benzene rings is 1. The molecule has 2 aromatic rings. The van der Waals surface area contributed by atoms with Gasteiger partial charge in [0.05, 0.1) is 5.69 Å². The van der Waals surface area contributed by atoms with E-state index in [1.54, 1.807) is 18.3 Å². The van der Waals surface area contributed by atoms with Crippen LogP contribution in [-0.2, 0) is 16.1 Å².